The van der Waals surface area contributed by atoms with Gasteiger partial charge in [-0.15, -0.1) is 0 Å². The topological polar surface area (TPSA) is 38.8 Å². The zero-order valence-electron chi connectivity index (χ0n) is 18.5. The Morgan fingerprint density at radius 2 is 1.63 bits per heavy atom. The van der Waals surface area contributed by atoms with Gasteiger partial charge < -0.3 is 20.0 Å². The number of carbonyl (C=O) groups is 1. The van der Waals surface area contributed by atoms with Gasteiger partial charge in [-0.1, -0.05) is 34.6 Å². The molecule has 0 aromatic heterocycles. The highest BCUT2D eigenvalue weighted by molar-refractivity contribution is 5.78. The monoisotopic (exact) mass is 382 g/mol. The number of nitrogens with one attached hydrogen (secondary N) is 1. The number of rotatable bonds is 7. The number of amides is 1. The summed E-state index contributed by atoms with van der Waals surface area (Å²) in [7, 11) is 0. The number of likely N-dealkylation sites (tertiary alicyclic amines) is 1. The Balaban J connectivity index is 0.00000127. The van der Waals surface area contributed by atoms with Crippen LogP contribution in [0, 0.1) is 17.8 Å². The van der Waals surface area contributed by atoms with Gasteiger partial charge >= 0.3 is 0 Å². The highest BCUT2D eigenvalue weighted by Crippen LogP contribution is 2.38. The third kappa shape index (κ3) is 6.43. The molecule has 0 bridgehead atoms. The molecule has 2 heterocycles. The fraction of sp³-hybridized carbons (Fsp3) is 0.955. The summed E-state index contributed by atoms with van der Waals surface area (Å²) in [5.74, 6) is 1.83. The van der Waals surface area contributed by atoms with Crippen molar-refractivity contribution < 1.29 is 6.22 Å². The van der Waals surface area contributed by atoms with Crippen LogP contribution in [0.25, 0.3) is 0 Å². The molecule has 5 heteroatoms. The normalized spacial score (nSPS) is 29.5. The van der Waals surface area contributed by atoms with Gasteiger partial charge in [0, 0.05) is 52.7 Å². The molecule has 3 aliphatic rings. The molecular weight excluding hydrogens is 336 g/mol. The molecule has 0 spiro atoms. The highest BCUT2D eigenvalue weighted by atomic mass is 16.1. The maximum Gasteiger partial charge on any atom is 0.222 e. The molecule has 1 saturated carbocycles. The molecule has 0 aromatic carbocycles. The van der Waals surface area contributed by atoms with E-state index in [1.807, 2.05) is 27.7 Å². The van der Waals surface area contributed by atoms with Crippen molar-refractivity contribution in [3.63, 3.8) is 0 Å². The summed E-state index contributed by atoms with van der Waals surface area (Å²) < 4.78 is 0. The molecule has 3 fully saturated rings. The van der Waals surface area contributed by atoms with Crippen molar-refractivity contribution in [2.75, 3.05) is 58.9 Å². The lowest BCUT2D eigenvalue weighted by molar-refractivity contribution is -0.124. The van der Waals surface area contributed by atoms with Crippen LogP contribution in [0.5, 0.6) is 0 Å². The minimum absolute atomic E-state index is 0. The number of hydrogen-bond donors (Lipinski definition) is 1. The van der Waals surface area contributed by atoms with E-state index in [9.17, 15) is 4.79 Å². The van der Waals surface area contributed by atoms with Crippen molar-refractivity contribution >= 4 is 5.91 Å². The number of piperazine rings is 1. The van der Waals surface area contributed by atoms with Crippen molar-refractivity contribution in [1.82, 2.24) is 20.0 Å². The molecule has 27 heavy (non-hydrogen) atoms. The van der Waals surface area contributed by atoms with Crippen molar-refractivity contribution in [1.29, 1.82) is 0 Å². The average molecular weight is 383 g/mol. The first-order valence-electron chi connectivity index (χ1n) is 11.5. The highest BCUT2D eigenvalue weighted by Gasteiger charge is 2.42. The first-order chi connectivity index (χ1) is 13.1. The van der Waals surface area contributed by atoms with Crippen molar-refractivity contribution in [2.24, 2.45) is 17.8 Å². The van der Waals surface area contributed by atoms with Gasteiger partial charge in [0.1, 0.15) is 0 Å². The smallest absolute Gasteiger partial charge is 0.222 e. The van der Waals surface area contributed by atoms with E-state index in [0.29, 0.717) is 12.0 Å². The largest absolute Gasteiger partial charge is 0.353 e. The van der Waals surface area contributed by atoms with E-state index in [1.54, 1.807) is 0 Å². The first-order valence-corrected chi connectivity index (χ1v) is 11.5. The summed E-state index contributed by atoms with van der Waals surface area (Å²) in [4.78, 5) is 19.9. The van der Waals surface area contributed by atoms with Gasteiger partial charge in [-0.3, -0.25) is 4.79 Å². The quantitative estimate of drug-likeness (QED) is 0.735. The Morgan fingerprint density at radius 1 is 1.00 bits per heavy atom. The van der Waals surface area contributed by atoms with Gasteiger partial charge in [0.15, 0.2) is 0 Å². The summed E-state index contributed by atoms with van der Waals surface area (Å²) >= 11 is 0. The van der Waals surface area contributed by atoms with Gasteiger partial charge in [-0.25, -0.2) is 0 Å². The minimum atomic E-state index is 0. The van der Waals surface area contributed by atoms with Crippen LogP contribution < -0.4 is 5.32 Å². The Hall–Kier alpha value is -0.650. The average Bonchev–Trinajstić information content (AvgIpc) is 3.25. The second kappa shape index (κ2) is 11.4. The number of carbonyl (C=O) groups excluding carboxylic acids is 1. The van der Waals surface area contributed by atoms with E-state index >= 15 is 0 Å². The van der Waals surface area contributed by atoms with E-state index in [2.05, 4.69) is 26.9 Å². The summed E-state index contributed by atoms with van der Waals surface area (Å²) in [5.41, 5.74) is 0. The zero-order chi connectivity index (χ0) is 19.8. The van der Waals surface area contributed by atoms with Crippen LogP contribution in [0.3, 0.4) is 0 Å². The fourth-order valence-corrected chi connectivity index (χ4v) is 4.92. The Bertz CT molecular complexity index is 440. The predicted octanol–water partition coefficient (Wildman–Crippen LogP) is 2.77. The predicted molar refractivity (Wildman–Crippen MR) is 116 cm³/mol. The van der Waals surface area contributed by atoms with E-state index in [1.165, 1.54) is 78.2 Å². The second-order valence-electron chi connectivity index (χ2n) is 8.66. The SMILES string of the molecule is CC.CCN1CCN(CCCN2CC3CCC(NC(=O)C(C)C)C3C2)CC1.[HH]. The molecular formula is C22H46N4O. The van der Waals surface area contributed by atoms with Gasteiger partial charge in [-0.2, -0.15) is 0 Å². The molecule has 1 N–H and O–H groups in total. The van der Waals surface area contributed by atoms with Crippen molar-refractivity contribution in [3.05, 3.63) is 0 Å². The van der Waals surface area contributed by atoms with Crippen LogP contribution in [0.15, 0.2) is 0 Å². The summed E-state index contributed by atoms with van der Waals surface area (Å²) in [6, 6.07) is 0.423. The van der Waals surface area contributed by atoms with E-state index in [0.717, 1.165) is 5.92 Å². The second-order valence-corrected chi connectivity index (χ2v) is 8.66. The zero-order valence-corrected chi connectivity index (χ0v) is 18.5. The third-order valence-corrected chi connectivity index (χ3v) is 6.65. The van der Waals surface area contributed by atoms with Gasteiger partial charge in [0.25, 0.3) is 0 Å². The van der Waals surface area contributed by atoms with Gasteiger partial charge in [0.2, 0.25) is 5.91 Å². The maximum atomic E-state index is 12.0. The van der Waals surface area contributed by atoms with E-state index in [4.69, 9.17) is 0 Å². The summed E-state index contributed by atoms with van der Waals surface area (Å²) in [6.07, 6.45) is 3.76. The van der Waals surface area contributed by atoms with Crippen LogP contribution in [0.1, 0.15) is 55.3 Å². The molecule has 1 amide bonds. The van der Waals surface area contributed by atoms with Gasteiger partial charge in [0.05, 0.1) is 0 Å². The molecule has 160 valence electrons. The number of likely N-dealkylation sites (N-methyl/N-ethyl adjacent to an activating group) is 1. The lowest BCUT2D eigenvalue weighted by Crippen LogP contribution is -2.46. The van der Waals surface area contributed by atoms with Crippen LogP contribution in [-0.4, -0.2) is 85.6 Å². The van der Waals surface area contributed by atoms with Crippen molar-refractivity contribution in [3.8, 4) is 0 Å². The standard InChI is InChI=1S/C20H38N4O.C2H6.H2/c1-4-22-10-12-23(13-11-22)8-5-9-24-14-17-6-7-19(18(17)15-24)21-20(25)16(2)3;1-2;/h16-19H,4-15H2,1-3H3,(H,21,25);1-2H3;1H. The summed E-state index contributed by atoms with van der Waals surface area (Å²) in [6.45, 7) is 21.3. The van der Waals surface area contributed by atoms with Crippen LogP contribution in [0.2, 0.25) is 0 Å². The fourth-order valence-electron chi connectivity index (χ4n) is 4.92. The molecule has 2 saturated heterocycles. The number of nitrogens with zero attached hydrogens (tertiary/aromatic N) is 3. The molecule has 1 aliphatic carbocycles. The lowest BCUT2D eigenvalue weighted by Gasteiger charge is -2.34. The van der Waals surface area contributed by atoms with Crippen LogP contribution >= 0.6 is 0 Å². The van der Waals surface area contributed by atoms with E-state index < -0.39 is 0 Å². The third-order valence-electron chi connectivity index (χ3n) is 6.65. The first kappa shape index (κ1) is 22.6. The molecule has 3 atom stereocenters. The number of hydrogen-bond acceptors (Lipinski definition) is 4. The Labute approximate surface area is 169 Å². The molecule has 2 aliphatic heterocycles. The molecule has 0 radical (unpaired) electrons. The molecule has 3 unspecified atom stereocenters. The van der Waals surface area contributed by atoms with Crippen LogP contribution in [-0.2, 0) is 4.79 Å². The molecule has 0 aromatic rings. The van der Waals surface area contributed by atoms with Gasteiger partial charge in [-0.05, 0) is 50.7 Å². The Morgan fingerprint density at radius 3 is 2.26 bits per heavy atom. The Kier molecular flexibility index (Phi) is 9.54. The lowest BCUT2D eigenvalue weighted by atomic mass is 9.97. The maximum absolute atomic E-state index is 12.0. The molecule has 5 nitrogen and oxygen atoms in total. The minimum Gasteiger partial charge on any atom is -0.353 e. The number of fused-ring (bicyclic) bond motifs is 1. The van der Waals surface area contributed by atoms with E-state index in [-0.39, 0.29) is 13.3 Å². The summed E-state index contributed by atoms with van der Waals surface area (Å²) in [5, 5.41) is 3.31. The van der Waals surface area contributed by atoms with Crippen LogP contribution in [0.4, 0.5) is 0 Å². The van der Waals surface area contributed by atoms with Crippen molar-refractivity contribution in [2.45, 2.75) is 59.9 Å². The molecule has 3 rings (SSSR count).